The van der Waals surface area contributed by atoms with Crippen LogP contribution in [-0.2, 0) is 0 Å². The second-order valence-electron chi connectivity index (χ2n) is 5.00. The van der Waals surface area contributed by atoms with E-state index in [4.69, 9.17) is 10.0 Å². The lowest BCUT2D eigenvalue weighted by atomic mass is 9.76. The number of benzene rings is 1. The van der Waals surface area contributed by atoms with E-state index in [0.717, 1.165) is 31.2 Å². The Bertz CT molecular complexity index is 426. The number of hydrogen-bond donors (Lipinski definition) is 2. The highest BCUT2D eigenvalue weighted by Gasteiger charge is 2.23. The zero-order valence-electron chi connectivity index (χ0n) is 10.3. The predicted molar refractivity (Wildman–Crippen MR) is 71.1 cm³/mol. The molecule has 2 nitrogen and oxygen atoms in total. The zero-order chi connectivity index (χ0) is 13.1. The largest absolute Gasteiger partial charge is 0.491 e. The van der Waals surface area contributed by atoms with Crippen molar-refractivity contribution in [1.82, 2.24) is 0 Å². The summed E-state index contributed by atoms with van der Waals surface area (Å²) in [5.41, 5.74) is 0.901. The summed E-state index contributed by atoms with van der Waals surface area (Å²) in [6.45, 7) is 3.81. The van der Waals surface area contributed by atoms with Crippen molar-refractivity contribution in [2.24, 2.45) is 5.92 Å². The van der Waals surface area contributed by atoms with E-state index >= 15 is 0 Å². The molecule has 0 saturated heterocycles. The van der Waals surface area contributed by atoms with Crippen LogP contribution in [0.5, 0.6) is 0 Å². The molecule has 0 heterocycles. The van der Waals surface area contributed by atoms with Gasteiger partial charge in [0, 0.05) is 5.46 Å². The number of halogens is 1. The SMILES string of the molecule is C=CC1CCC(c2ccc(B(O)O)c(F)c2)CC1. The average molecular weight is 248 g/mol. The standard InChI is InChI=1S/C14H18BFO2/c1-2-10-3-5-11(6-4-10)12-7-8-13(15(17)18)14(16)9-12/h2,7-11,17-18H,1,3-6H2. The highest BCUT2D eigenvalue weighted by molar-refractivity contribution is 6.58. The summed E-state index contributed by atoms with van der Waals surface area (Å²) < 4.78 is 13.7. The lowest BCUT2D eigenvalue weighted by Gasteiger charge is -2.27. The molecule has 0 atom stereocenters. The van der Waals surface area contributed by atoms with Gasteiger partial charge in [0.15, 0.2) is 0 Å². The Morgan fingerprint density at radius 3 is 2.39 bits per heavy atom. The third-order valence-electron chi connectivity index (χ3n) is 3.88. The topological polar surface area (TPSA) is 40.5 Å². The first kappa shape index (κ1) is 13.3. The zero-order valence-corrected chi connectivity index (χ0v) is 10.3. The monoisotopic (exact) mass is 248 g/mol. The summed E-state index contributed by atoms with van der Waals surface area (Å²) in [5.74, 6) is 0.429. The van der Waals surface area contributed by atoms with Gasteiger partial charge in [-0.15, -0.1) is 6.58 Å². The van der Waals surface area contributed by atoms with E-state index in [1.54, 1.807) is 6.07 Å². The normalized spacial score (nSPS) is 23.7. The number of hydrogen-bond acceptors (Lipinski definition) is 2. The highest BCUT2D eigenvalue weighted by atomic mass is 19.1. The van der Waals surface area contributed by atoms with Crippen molar-refractivity contribution < 1.29 is 14.4 Å². The fourth-order valence-corrected chi connectivity index (χ4v) is 2.69. The molecule has 0 radical (unpaired) electrons. The van der Waals surface area contributed by atoms with E-state index < -0.39 is 12.9 Å². The van der Waals surface area contributed by atoms with Crippen molar-refractivity contribution in [2.75, 3.05) is 0 Å². The molecule has 0 spiro atoms. The smallest absolute Gasteiger partial charge is 0.423 e. The van der Waals surface area contributed by atoms with E-state index in [2.05, 4.69) is 6.58 Å². The van der Waals surface area contributed by atoms with Gasteiger partial charge in [0.05, 0.1) is 0 Å². The molecule has 1 aromatic rings. The van der Waals surface area contributed by atoms with Gasteiger partial charge in [0.2, 0.25) is 0 Å². The minimum atomic E-state index is -1.74. The van der Waals surface area contributed by atoms with Crippen LogP contribution in [0.2, 0.25) is 0 Å². The Labute approximate surface area is 107 Å². The van der Waals surface area contributed by atoms with Crippen LogP contribution in [0.1, 0.15) is 37.2 Å². The molecule has 18 heavy (non-hydrogen) atoms. The lowest BCUT2D eigenvalue weighted by Crippen LogP contribution is -2.32. The number of rotatable bonds is 3. The van der Waals surface area contributed by atoms with Crippen LogP contribution in [-0.4, -0.2) is 17.2 Å². The minimum absolute atomic E-state index is 0.0569. The van der Waals surface area contributed by atoms with Crippen LogP contribution in [0.3, 0.4) is 0 Å². The van der Waals surface area contributed by atoms with E-state index in [-0.39, 0.29) is 5.46 Å². The van der Waals surface area contributed by atoms with Crippen molar-refractivity contribution in [3.63, 3.8) is 0 Å². The molecule has 96 valence electrons. The van der Waals surface area contributed by atoms with Crippen molar-refractivity contribution in [3.05, 3.63) is 42.2 Å². The van der Waals surface area contributed by atoms with Gasteiger partial charge in [-0.1, -0.05) is 18.2 Å². The van der Waals surface area contributed by atoms with Crippen LogP contribution in [0.25, 0.3) is 0 Å². The highest BCUT2D eigenvalue weighted by Crippen LogP contribution is 2.36. The average Bonchev–Trinajstić information content (AvgIpc) is 2.38. The minimum Gasteiger partial charge on any atom is -0.423 e. The fraction of sp³-hybridized carbons (Fsp3) is 0.429. The first-order chi connectivity index (χ1) is 8.61. The number of allylic oxidation sites excluding steroid dienone is 1. The van der Waals surface area contributed by atoms with E-state index in [1.165, 1.54) is 12.1 Å². The molecule has 0 aliphatic heterocycles. The molecule has 1 aliphatic carbocycles. The third-order valence-corrected chi connectivity index (χ3v) is 3.88. The maximum absolute atomic E-state index is 13.7. The van der Waals surface area contributed by atoms with Crippen LogP contribution in [0.15, 0.2) is 30.9 Å². The summed E-state index contributed by atoms with van der Waals surface area (Å²) in [6, 6.07) is 4.71. The summed E-state index contributed by atoms with van der Waals surface area (Å²) in [4.78, 5) is 0. The maximum atomic E-state index is 13.7. The van der Waals surface area contributed by atoms with E-state index in [9.17, 15) is 4.39 Å². The van der Waals surface area contributed by atoms with Crippen LogP contribution >= 0.6 is 0 Å². The van der Waals surface area contributed by atoms with E-state index in [1.807, 2.05) is 6.08 Å². The summed E-state index contributed by atoms with van der Waals surface area (Å²) in [6.07, 6.45) is 6.27. The second-order valence-corrected chi connectivity index (χ2v) is 5.00. The van der Waals surface area contributed by atoms with Gasteiger partial charge < -0.3 is 10.0 Å². The van der Waals surface area contributed by atoms with Gasteiger partial charge in [-0.2, -0.15) is 0 Å². The fourth-order valence-electron chi connectivity index (χ4n) is 2.69. The Morgan fingerprint density at radius 2 is 1.89 bits per heavy atom. The van der Waals surface area contributed by atoms with Crippen molar-refractivity contribution in [1.29, 1.82) is 0 Å². The maximum Gasteiger partial charge on any atom is 0.491 e. The van der Waals surface area contributed by atoms with Gasteiger partial charge in [0.25, 0.3) is 0 Å². The first-order valence-electron chi connectivity index (χ1n) is 6.40. The summed E-state index contributed by atoms with van der Waals surface area (Å²) in [5, 5.41) is 18.0. The van der Waals surface area contributed by atoms with Gasteiger partial charge in [0.1, 0.15) is 5.82 Å². The van der Waals surface area contributed by atoms with Crippen LogP contribution in [0, 0.1) is 11.7 Å². The molecule has 0 aromatic heterocycles. The molecule has 1 saturated carbocycles. The second kappa shape index (κ2) is 5.68. The Kier molecular flexibility index (Phi) is 4.20. The molecular formula is C14H18BFO2. The quantitative estimate of drug-likeness (QED) is 0.634. The molecule has 2 rings (SSSR count). The van der Waals surface area contributed by atoms with Gasteiger partial charge in [-0.3, -0.25) is 0 Å². The Balaban J connectivity index is 2.10. The van der Waals surface area contributed by atoms with Crippen LogP contribution < -0.4 is 5.46 Å². The molecular weight excluding hydrogens is 230 g/mol. The van der Waals surface area contributed by atoms with Gasteiger partial charge in [-0.05, 0) is 49.1 Å². The predicted octanol–water partition coefficient (Wildman–Crippen LogP) is 1.97. The summed E-state index contributed by atoms with van der Waals surface area (Å²) in [7, 11) is -1.74. The van der Waals surface area contributed by atoms with E-state index in [0.29, 0.717) is 11.8 Å². The molecule has 1 aliphatic rings. The first-order valence-corrected chi connectivity index (χ1v) is 6.40. The molecule has 1 aromatic carbocycles. The Morgan fingerprint density at radius 1 is 1.22 bits per heavy atom. The van der Waals surface area contributed by atoms with Crippen LogP contribution in [0.4, 0.5) is 4.39 Å². The Hall–Kier alpha value is -1.13. The molecule has 0 unspecified atom stereocenters. The third kappa shape index (κ3) is 2.82. The summed E-state index contributed by atoms with van der Waals surface area (Å²) >= 11 is 0. The van der Waals surface area contributed by atoms with Gasteiger partial charge in [-0.25, -0.2) is 4.39 Å². The molecule has 0 amide bonds. The van der Waals surface area contributed by atoms with Gasteiger partial charge >= 0.3 is 7.12 Å². The molecule has 2 N–H and O–H groups in total. The molecule has 1 fully saturated rings. The van der Waals surface area contributed by atoms with Crippen molar-refractivity contribution in [2.45, 2.75) is 31.6 Å². The molecule has 4 heteroatoms. The van der Waals surface area contributed by atoms with Crippen molar-refractivity contribution >= 4 is 12.6 Å². The molecule has 0 bridgehead atoms. The van der Waals surface area contributed by atoms with Crippen molar-refractivity contribution in [3.8, 4) is 0 Å². The lowest BCUT2D eigenvalue weighted by molar-refractivity contribution is 0.375.